The summed E-state index contributed by atoms with van der Waals surface area (Å²) in [6, 6.07) is 0. The van der Waals surface area contributed by atoms with Crippen molar-refractivity contribution >= 4 is 0 Å². The Morgan fingerprint density at radius 3 is 1.35 bits per heavy atom. The van der Waals surface area contributed by atoms with Crippen LogP contribution in [-0.2, 0) is 14.2 Å². The Morgan fingerprint density at radius 2 is 1.18 bits per heavy atom. The number of aliphatic hydroxyl groups excluding tert-OH is 2. The van der Waals surface area contributed by atoms with Gasteiger partial charge in [0, 0.05) is 0 Å². The number of ether oxygens (including phenoxy) is 3. The maximum Gasteiger partial charge on any atom is 0.0933 e. The van der Waals surface area contributed by atoms with Crippen molar-refractivity contribution < 1.29 is 24.4 Å². The highest BCUT2D eigenvalue weighted by atomic mass is 16.5. The molecule has 0 aromatic rings. The van der Waals surface area contributed by atoms with Crippen molar-refractivity contribution in [2.24, 2.45) is 0 Å². The summed E-state index contributed by atoms with van der Waals surface area (Å²) in [5, 5.41) is 16.5. The molecular weight excluding hydrogens is 224 g/mol. The number of aliphatic hydroxyl groups is 2. The van der Waals surface area contributed by atoms with Crippen LogP contribution in [0.3, 0.4) is 0 Å². The van der Waals surface area contributed by atoms with E-state index in [2.05, 4.69) is 13.2 Å². The predicted molar refractivity (Wildman–Crippen MR) is 66.5 cm³/mol. The van der Waals surface area contributed by atoms with Crippen molar-refractivity contribution in [1.82, 2.24) is 0 Å². The SMILES string of the molecule is C=C(C)OC(=C)C.OCCOCCOCCO. The summed E-state index contributed by atoms with van der Waals surface area (Å²) in [6.45, 7) is 12.3. The fraction of sp³-hybridized carbons (Fsp3) is 0.667. The van der Waals surface area contributed by atoms with Gasteiger partial charge in [-0.1, -0.05) is 13.2 Å². The molecule has 0 amide bonds. The zero-order valence-corrected chi connectivity index (χ0v) is 10.8. The van der Waals surface area contributed by atoms with Crippen LogP contribution in [0.5, 0.6) is 0 Å². The summed E-state index contributed by atoms with van der Waals surface area (Å²) in [7, 11) is 0. The predicted octanol–water partition coefficient (Wildman–Crippen LogP) is 1.07. The van der Waals surface area contributed by atoms with E-state index in [0.29, 0.717) is 37.9 Å². The summed E-state index contributed by atoms with van der Waals surface area (Å²) in [5.74, 6) is 1.38. The molecule has 0 aromatic carbocycles. The van der Waals surface area contributed by atoms with Crippen molar-refractivity contribution in [3.63, 3.8) is 0 Å². The number of hydrogen-bond donors (Lipinski definition) is 2. The van der Waals surface area contributed by atoms with Crippen LogP contribution in [0.4, 0.5) is 0 Å². The van der Waals surface area contributed by atoms with Gasteiger partial charge in [0.2, 0.25) is 0 Å². The Bertz CT molecular complexity index is 171. The molecular formula is C12H24O5. The van der Waals surface area contributed by atoms with Gasteiger partial charge in [-0.2, -0.15) is 0 Å². The molecule has 0 unspecified atom stereocenters. The maximum atomic E-state index is 8.26. The number of hydrogen-bond acceptors (Lipinski definition) is 5. The third kappa shape index (κ3) is 25.4. The zero-order valence-electron chi connectivity index (χ0n) is 10.8. The highest BCUT2D eigenvalue weighted by Gasteiger charge is 1.86. The Kier molecular flexibility index (Phi) is 16.4. The summed E-state index contributed by atoms with van der Waals surface area (Å²) in [6.07, 6.45) is 0. The van der Waals surface area contributed by atoms with E-state index in [1.165, 1.54) is 0 Å². The second kappa shape index (κ2) is 15.1. The molecule has 0 radical (unpaired) electrons. The van der Waals surface area contributed by atoms with Gasteiger partial charge in [0.05, 0.1) is 51.2 Å². The molecule has 5 heteroatoms. The van der Waals surface area contributed by atoms with Gasteiger partial charge in [-0.25, -0.2) is 0 Å². The largest absolute Gasteiger partial charge is 0.468 e. The maximum absolute atomic E-state index is 8.26. The lowest BCUT2D eigenvalue weighted by Crippen LogP contribution is -2.09. The van der Waals surface area contributed by atoms with Gasteiger partial charge in [-0.05, 0) is 13.8 Å². The third-order valence-electron chi connectivity index (χ3n) is 1.19. The normalized spacial score (nSPS) is 9.18. The molecule has 0 bridgehead atoms. The summed E-state index contributed by atoms with van der Waals surface area (Å²) in [5.41, 5.74) is 0. The van der Waals surface area contributed by atoms with Crippen LogP contribution in [0.25, 0.3) is 0 Å². The smallest absolute Gasteiger partial charge is 0.0933 e. The molecule has 0 fully saturated rings. The van der Waals surface area contributed by atoms with E-state index in [1.54, 1.807) is 13.8 Å². The van der Waals surface area contributed by atoms with Crippen molar-refractivity contribution in [3.8, 4) is 0 Å². The standard InChI is InChI=1S/C6H14O4.C6H10O/c7-1-3-9-5-6-10-4-2-8;1-5(2)7-6(3)4/h7-8H,1-6H2;1,3H2,2,4H3. The van der Waals surface area contributed by atoms with Crippen LogP contribution in [-0.4, -0.2) is 49.9 Å². The fourth-order valence-electron chi connectivity index (χ4n) is 0.749. The van der Waals surface area contributed by atoms with Gasteiger partial charge in [0.1, 0.15) is 0 Å². The Hall–Kier alpha value is -0.880. The molecule has 0 aliphatic carbocycles. The van der Waals surface area contributed by atoms with E-state index < -0.39 is 0 Å². The van der Waals surface area contributed by atoms with E-state index in [-0.39, 0.29) is 13.2 Å². The van der Waals surface area contributed by atoms with E-state index in [1.807, 2.05) is 0 Å². The number of allylic oxidation sites excluding steroid dienone is 2. The highest BCUT2D eigenvalue weighted by Crippen LogP contribution is 1.97. The molecule has 17 heavy (non-hydrogen) atoms. The molecule has 0 saturated carbocycles. The minimum atomic E-state index is 0.0417. The van der Waals surface area contributed by atoms with Gasteiger partial charge in [0.25, 0.3) is 0 Å². The Morgan fingerprint density at radius 1 is 0.824 bits per heavy atom. The molecule has 0 aliphatic rings. The first-order chi connectivity index (χ1) is 8.04. The molecule has 0 aliphatic heterocycles. The first kappa shape index (κ1) is 18.5. The molecule has 0 aromatic heterocycles. The average Bonchev–Trinajstić information content (AvgIpc) is 2.22. The summed E-state index contributed by atoms with van der Waals surface area (Å²) < 4.78 is 14.6. The van der Waals surface area contributed by atoms with Crippen LogP contribution in [0.1, 0.15) is 13.8 Å². The van der Waals surface area contributed by atoms with Gasteiger partial charge < -0.3 is 24.4 Å². The van der Waals surface area contributed by atoms with Crippen LogP contribution in [0.15, 0.2) is 24.7 Å². The van der Waals surface area contributed by atoms with Crippen LogP contribution in [0.2, 0.25) is 0 Å². The second-order valence-corrected chi connectivity index (χ2v) is 3.18. The topological polar surface area (TPSA) is 68.2 Å². The molecule has 0 atom stereocenters. The first-order valence-corrected chi connectivity index (χ1v) is 5.40. The third-order valence-corrected chi connectivity index (χ3v) is 1.19. The zero-order chi connectivity index (χ0) is 13.5. The van der Waals surface area contributed by atoms with E-state index in [9.17, 15) is 0 Å². The average molecular weight is 248 g/mol. The van der Waals surface area contributed by atoms with Gasteiger partial charge in [-0.3, -0.25) is 0 Å². The molecule has 0 saturated heterocycles. The Balaban J connectivity index is 0. The minimum Gasteiger partial charge on any atom is -0.468 e. The molecule has 102 valence electrons. The van der Waals surface area contributed by atoms with Crippen molar-refractivity contribution in [1.29, 1.82) is 0 Å². The van der Waals surface area contributed by atoms with E-state index in [4.69, 9.17) is 24.4 Å². The Labute approximate surface area is 103 Å². The number of rotatable bonds is 9. The second-order valence-electron chi connectivity index (χ2n) is 3.18. The van der Waals surface area contributed by atoms with Gasteiger partial charge >= 0.3 is 0 Å². The molecule has 0 spiro atoms. The molecule has 0 heterocycles. The van der Waals surface area contributed by atoms with Crippen LogP contribution < -0.4 is 0 Å². The van der Waals surface area contributed by atoms with E-state index >= 15 is 0 Å². The monoisotopic (exact) mass is 248 g/mol. The van der Waals surface area contributed by atoms with Crippen molar-refractivity contribution in [2.75, 3.05) is 39.6 Å². The summed E-state index contributed by atoms with van der Waals surface area (Å²) >= 11 is 0. The lowest BCUT2D eigenvalue weighted by molar-refractivity contribution is 0.0222. The van der Waals surface area contributed by atoms with Gasteiger partial charge in [-0.15, -0.1) is 0 Å². The van der Waals surface area contributed by atoms with Crippen LogP contribution in [0, 0.1) is 0 Å². The first-order valence-electron chi connectivity index (χ1n) is 5.40. The molecule has 0 rings (SSSR count). The lowest BCUT2D eigenvalue weighted by Gasteiger charge is -2.01. The fourth-order valence-corrected chi connectivity index (χ4v) is 0.749. The minimum absolute atomic E-state index is 0.0417. The van der Waals surface area contributed by atoms with Crippen molar-refractivity contribution in [2.45, 2.75) is 13.8 Å². The van der Waals surface area contributed by atoms with Crippen molar-refractivity contribution in [3.05, 3.63) is 24.7 Å². The molecule has 2 N–H and O–H groups in total. The highest BCUT2D eigenvalue weighted by molar-refractivity contribution is 4.85. The summed E-state index contributed by atoms with van der Waals surface area (Å²) in [4.78, 5) is 0. The van der Waals surface area contributed by atoms with Crippen LogP contribution >= 0.6 is 0 Å². The van der Waals surface area contributed by atoms with Gasteiger partial charge in [0.15, 0.2) is 0 Å². The van der Waals surface area contributed by atoms with E-state index in [0.717, 1.165) is 0 Å². The lowest BCUT2D eigenvalue weighted by atomic mass is 10.6. The molecule has 5 nitrogen and oxygen atoms in total. The quantitative estimate of drug-likeness (QED) is 0.472.